The van der Waals surface area contributed by atoms with Crippen molar-refractivity contribution in [2.24, 2.45) is 0 Å². The van der Waals surface area contributed by atoms with E-state index in [1.165, 1.54) is 0 Å². The third-order valence-corrected chi connectivity index (χ3v) is 2.21. The van der Waals surface area contributed by atoms with Gasteiger partial charge >= 0.3 is 0 Å². The van der Waals surface area contributed by atoms with Crippen LogP contribution in [0, 0.1) is 11.8 Å². The molecule has 7 heteroatoms. The van der Waals surface area contributed by atoms with E-state index in [0.29, 0.717) is 18.4 Å². The maximum absolute atomic E-state index is 5.84. The van der Waals surface area contributed by atoms with Crippen molar-refractivity contribution in [2.75, 3.05) is 11.9 Å². The first kappa shape index (κ1) is 12.3. The van der Waals surface area contributed by atoms with Gasteiger partial charge in [-0.05, 0) is 18.5 Å². The number of aromatic nitrogens is 5. The molecule has 0 aromatic carbocycles. The summed E-state index contributed by atoms with van der Waals surface area (Å²) in [7, 11) is 0. The molecule has 2 aromatic heterocycles. The van der Waals surface area contributed by atoms with Crippen LogP contribution in [0.4, 0.5) is 5.95 Å². The van der Waals surface area contributed by atoms with Crippen LogP contribution in [0.25, 0.3) is 5.95 Å². The van der Waals surface area contributed by atoms with E-state index in [0.717, 1.165) is 6.42 Å². The Hall–Kier alpha value is -2.13. The molecule has 0 aliphatic rings. The average molecular weight is 263 g/mol. The van der Waals surface area contributed by atoms with Gasteiger partial charge in [0.1, 0.15) is 6.33 Å². The van der Waals surface area contributed by atoms with Gasteiger partial charge in [-0.1, -0.05) is 0 Å². The molecular formula is C11H11ClN6. The lowest BCUT2D eigenvalue weighted by molar-refractivity contribution is 0.888. The monoisotopic (exact) mass is 262 g/mol. The Morgan fingerprint density at radius 3 is 3.00 bits per heavy atom. The molecule has 0 spiro atoms. The summed E-state index contributed by atoms with van der Waals surface area (Å²) in [6.45, 7) is 2.46. The zero-order valence-corrected chi connectivity index (χ0v) is 10.5. The minimum absolute atomic E-state index is 0.137. The van der Waals surface area contributed by atoms with E-state index in [4.69, 9.17) is 11.6 Å². The van der Waals surface area contributed by atoms with Crippen molar-refractivity contribution in [3.05, 3.63) is 24.0 Å². The van der Waals surface area contributed by atoms with Crippen LogP contribution in [0.5, 0.6) is 0 Å². The van der Waals surface area contributed by atoms with Crippen molar-refractivity contribution in [1.29, 1.82) is 0 Å². The summed E-state index contributed by atoms with van der Waals surface area (Å²) in [4.78, 5) is 16.2. The highest BCUT2D eigenvalue weighted by Gasteiger charge is 2.05. The van der Waals surface area contributed by atoms with Gasteiger partial charge in [0.2, 0.25) is 17.2 Å². The van der Waals surface area contributed by atoms with Crippen LogP contribution in [0.3, 0.4) is 0 Å². The Bertz CT molecular complexity index is 569. The number of nitrogens with zero attached hydrogens (tertiary/aromatic N) is 5. The van der Waals surface area contributed by atoms with Crippen LogP contribution in [0.2, 0.25) is 5.28 Å². The Morgan fingerprint density at radius 2 is 2.28 bits per heavy atom. The van der Waals surface area contributed by atoms with Crippen LogP contribution in [0.15, 0.2) is 18.7 Å². The largest absolute Gasteiger partial charge is 0.353 e. The number of nitrogens with one attached hydrogen (secondary N) is 1. The number of halogens is 1. The van der Waals surface area contributed by atoms with Gasteiger partial charge in [0.15, 0.2) is 0 Å². The molecule has 0 aliphatic heterocycles. The first-order chi connectivity index (χ1) is 8.79. The molecule has 0 atom stereocenters. The summed E-state index contributed by atoms with van der Waals surface area (Å²) >= 11 is 5.84. The predicted molar refractivity (Wildman–Crippen MR) is 68.5 cm³/mol. The van der Waals surface area contributed by atoms with Crippen LogP contribution in [0.1, 0.15) is 13.3 Å². The Morgan fingerprint density at radius 1 is 1.39 bits per heavy atom. The summed E-state index contributed by atoms with van der Waals surface area (Å²) in [5, 5.41) is 3.18. The highest BCUT2D eigenvalue weighted by atomic mass is 35.5. The molecule has 2 rings (SSSR count). The summed E-state index contributed by atoms with van der Waals surface area (Å²) in [6.07, 6.45) is 5.69. The molecular weight excluding hydrogens is 252 g/mol. The second-order valence-electron chi connectivity index (χ2n) is 3.30. The molecule has 0 saturated carbocycles. The number of imidazole rings is 1. The van der Waals surface area contributed by atoms with Crippen molar-refractivity contribution < 1.29 is 0 Å². The number of anilines is 1. The fourth-order valence-electron chi connectivity index (χ4n) is 1.27. The molecule has 2 heterocycles. The highest BCUT2D eigenvalue weighted by Crippen LogP contribution is 2.09. The van der Waals surface area contributed by atoms with Gasteiger partial charge in [0, 0.05) is 25.4 Å². The second-order valence-corrected chi connectivity index (χ2v) is 3.64. The summed E-state index contributed by atoms with van der Waals surface area (Å²) in [5.41, 5.74) is 0. The molecule has 0 unspecified atom stereocenters. The van der Waals surface area contributed by atoms with Crippen LogP contribution >= 0.6 is 11.6 Å². The van der Waals surface area contributed by atoms with Crippen molar-refractivity contribution >= 4 is 17.5 Å². The summed E-state index contributed by atoms with van der Waals surface area (Å²) in [5.74, 6) is 6.62. The number of rotatable bonds is 4. The first-order valence-corrected chi connectivity index (χ1v) is 5.71. The van der Waals surface area contributed by atoms with E-state index in [1.807, 2.05) is 0 Å². The van der Waals surface area contributed by atoms with E-state index in [9.17, 15) is 0 Å². The standard InChI is InChI=1S/C11H11ClN6/c1-2-3-4-5-14-10-15-9(12)16-11(17-10)18-7-6-13-8-18/h6-8H,4-5H2,1H3,(H,14,15,16,17). The maximum atomic E-state index is 5.84. The minimum atomic E-state index is 0.137. The molecule has 0 bridgehead atoms. The maximum Gasteiger partial charge on any atom is 0.241 e. The molecule has 92 valence electrons. The smallest absolute Gasteiger partial charge is 0.241 e. The van der Waals surface area contributed by atoms with Crippen LogP contribution in [-0.2, 0) is 0 Å². The molecule has 0 aliphatic carbocycles. The van der Waals surface area contributed by atoms with Gasteiger partial charge in [-0.15, -0.1) is 11.8 Å². The Kier molecular flexibility index (Phi) is 4.10. The number of hydrogen-bond acceptors (Lipinski definition) is 5. The van der Waals surface area contributed by atoms with Gasteiger partial charge in [0.05, 0.1) is 0 Å². The molecule has 0 fully saturated rings. The van der Waals surface area contributed by atoms with E-state index in [2.05, 4.69) is 37.1 Å². The molecule has 6 nitrogen and oxygen atoms in total. The molecule has 0 saturated heterocycles. The average Bonchev–Trinajstić information content (AvgIpc) is 2.88. The lowest BCUT2D eigenvalue weighted by atomic mass is 10.4. The Labute approximate surface area is 109 Å². The van der Waals surface area contributed by atoms with Gasteiger partial charge in [-0.2, -0.15) is 15.0 Å². The van der Waals surface area contributed by atoms with Crippen molar-refractivity contribution in [3.8, 4) is 17.8 Å². The van der Waals surface area contributed by atoms with Gasteiger partial charge < -0.3 is 5.32 Å². The second kappa shape index (κ2) is 5.98. The predicted octanol–water partition coefficient (Wildman–Crippen LogP) is 1.54. The quantitative estimate of drug-likeness (QED) is 0.669. The summed E-state index contributed by atoms with van der Waals surface area (Å²) < 4.78 is 1.66. The molecule has 18 heavy (non-hydrogen) atoms. The minimum Gasteiger partial charge on any atom is -0.353 e. The van der Waals surface area contributed by atoms with E-state index < -0.39 is 0 Å². The van der Waals surface area contributed by atoms with E-state index >= 15 is 0 Å². The van der Waals surface area contributed by atoms with Gasteiger partial charge in [-0.25, -0.2) is 4.98 Å². The summed E-state index contributed by atoms with van der Waals surface area (Å²) in [6, 6.07) is 0. The topological polar surface area (TPSA) is 68.5 Å². The zero-order chi connectivity index (χ0) is 12.8. The normalized spacial score (nSPS) is 9.67. The van der Waals surface area contributed by atoms with Gasteiger partial charge in [-0.3, -0.25) is 4.57 Å². The van der Waals surface area contributed by atoms with Crippen molar-refractivity contribution in [1.82, 2.24) is 24.5 Å². The zero-order valence-electron chi connectivity index (χ0n) is 9.76. The van der Waals surface area contributed by atoms with Crippen LogP contribution < -0.4 is 5.32 Å². The Balaban J connectivity index is 2.13. The molecule has 2 aromatic rings. The fraction of sp³-hybridized carbons (Fsp3) is 0.273. The fourth-order valence-corrected chi connectivity index (χ4v) is 1.43. The van der Waals surface area contributed by atoms with Crippen LogP contribution in [-0.4, -0.2) is 31.0 Å². The third-order valence-electron chi connectivity index (χ3n) is 2.04. The van der Waals surface area contributed by atoms with E-state index in [1.54, 1.807) is 30.2 Å². The first-order valence-electron chi connectivity index (χ1n) is 5.33. The molecule has 1 N–H and O–H groups in total. The third kappa shape index (κ3) is 3.18. The molecule has 0 radical (unpaired) electrons. The van der Waals surface area contributed by atoms with E-state index in [-0.39, 0.29) is 5.28 Å². The van der Waals surface area contributed by atoms with Crippen molar-refractivity contribution in [3.63, 3.8) is 0 Å². The number of hydrogen-bond donors (Lipinski definition) is 1. The lowest BCUT2D eigenvalue weighted by Gasteiger charge is -2.05. The SMILES string of the molecule is CC#CCCNc1nc(Cl)nc(-n2ccnc2)n1. The lowest BCUT2D eigenvalue weighted by Crippen LogP contribution is -2.09. The molecule has 0 amide bonds. The van der Waals surface area contributed by atoms with Crippen molar-refractivity contribution in [2.45, 2.75) is 13.3 Å². The van der Waals surface area contributed by atoms with Gasteiger partial charge in [0.25, 0.3) is 0 Å². The highest BCUT2D eigenvalue weighted by molar-refractivity contribution is 6.28.